The van der Waals surface area contributed by atoms with Crippen molar-refractivity contribution in [2.24, 2.45) is 0 Å². The van der Waals surface area contributed by atoms with Crippen molar-refractivity contribution in [1.29, 1.82) is 0 Å². The second-order valence-corrected chi connectivity index (χ2v) is 8.38. The van der Waals surface area contributed by atoms with E-state index in [0.29, 0.717) is 12.1 Å². The van der Waals surface area contributed by atoms with Gasteiger partial charge < -0.3 is 19.6 Å². The molecule has 2 unspecified atom stereocenters. The Bertz CT molecular complexity index is 1030. The summed E-state index contributed by atoms with van der Waals surface area (Å²) in [6.07, 6.45) is 4.79. The topological polar surface area (TPSA) is 83.0 Å². The highest BCUT2D eigenvalue weighted by Crippen LogP contribution is 2.40. The zero-order valence-corrected chi connectivity index (χ0v) is 18.0. The lowest BCUT2D eigenvalue weighted by Gasteiger charge is -2.25. The second-order valence-electron chi connectivity index (χ2n) is 8.38. The van der Waals surface area contributed by atoms with Gasteiger partial charge in [0, 0.05) is 30.9 Å². The highest BCUT2D eigenvalue weighted by molar-refractivity contribution is 6.46. The van der Waals surface area contributed by atoms with Crippen molar-refractivity contribution in [2.75, 3.05) is 27.2 Å². The number of carbonyl (C=O) groups is 2. The molecule has 2 aromatic rings. The molecule has 7 heteroatoms. The summed E-state index contributed by atoms with van der Waals surface area (Å²) in [5, 5.41) is 11.2. The molecule has 0 spiro atoms. The molecule has 1 aromatic carbocycles. The molecule has 0 aliphatic carbocycles. The molecule has 31 heavy (non-hydrogen) atoms. The monoisotopic (exact) mass is 421 g/mol. The van der Waals surface area contributed by atoms with Gasteiger partial charge in [-0.15, -0.1) is 0 Å². The molecule has 1 N–H and O–H groups in total. The first-order chi connectivity index (χ1) is 14.9. The normalized spacial score (nSPS) is 22.1. The van der Waals surface area contributed by atoms with E-state index in [1.54, 1.807) is 35.5 Å². The van der Waals surface area contributed by atoms with Crippen LogP contribution in [0.2, 0.25) is 0 Å². The molecule has 2 aliphatic heterocycles. The van der Waals surface area contributed by atoms with Crippen LogP contribution in [-0.4, -0.2) is 64.9 Å². The number of aliphatic hydroxyl groups is 1. The smallest absolute Gasteiger partial charge is 0.295 e. The summed E-state index contributed by atoms with van der Waals surface area (Å²) in [6, 6.07) is 8.30. The van der Waals surface area contributed by atoms with E-state index in [-0.39, 0.29) is 17.4 Å². The third kappa shape index (κ3) is 4.05. The fourth-order valence-corrected chi connectivity index (χ4v) is 4.29. The molecule has 1 saturated heterocycles. The summed E-state index contributed by atoms with van der Waals surface area (Å²) < 4.78 is 5.74. The van der Waals surface area contributed by atoms with Crippen molar-refractivity contribution in [3.63, 3.8) is 0 Å². The SMILES string of the molecule is CC1Cc2cc(/C(O)=C3\C(=O)C(=O)N(CCCN(C)C)C3c3ccncc3)ccc2O1. The molecule has 4 rings (SSSR count). The minimum absolute atomic E-state index is 0.0755. The van der Waals surface area contributed by atoms with E-state index in [1.807, 2.05) is 38.1 Å². The predicted molar refractivity (Wildman–Crippen MR) is 117 cm³/mol. The Labute approximate surface area is 182 Å². The number of aromatic nitrogens is 1. The Morgan fingerprint density at radius 3 is 2.68 bits per heavy atom. The molecule has 2 aliphatic rings. The molecule has 1 amide bonds. The highest BCUT2D eigenvalue weighted by atomic mass is 16.5. The van der Waals surface area contributed by atoms with Crippen LogP contribution < -0.4 is 4.74 Å². The number of nitrogens with zero attached hydrogens (tertiary/aromatic N) is 3. The van der Waals surface area contributed by atoms with Gasteiger partial charge in [-0.2, -0.15) is 0 Å². The number of hydrogen-bond acceptors (Lipinski definition) is 6. The molecule has 3 heterocycles. The summed E-state index contributed by atoms with van der Waals surface area (Å²) in [5.41, 5.74) is 2.37. The van der Waals surface area contributed by atoms with Crippen LogP contribution in [0.15, 0.2) is 48.3 Å². The maximum atomic E-state index is 13.0. The van der Waals surface area contributed by atoms with Crippen LogP contribution >= 0.6 is 0 Å². The summed E-state index contributed by atoms with van der Waals surface area (Å²) in [5.74, 6) is -0.606. The first kappa shape index (κ1) is 21.1. The van der Waals surface area contributed by atoms with Crippen LogP contribution in [0.1, 0.15) is 36.1 Å². The van der Waals surface area contributed by atoms with E-state index in [2.05, 4.69) is 4.98 Å². The fraction of sp³-hybridized carbons (Fsp3) is 0.375. The van der Waals surface area contributed by atoms with Crippen LogP contribution in [0.25, 0.3) is 5.76 Å². The van der Waals surface area contributed by atoms with E-state index in [9.17, 15) is 14.7 Å². The Balaban J connectivity index is 1.76. The molecule has 0 radical (unpaired) electrons. The molecular weight excluding hydrogens is 394 g/mol. The number of aliphatic hydroxyl groups excluding tert-OH is 1. The zero-order valence-electron chi connectivity index (χ0n) is 18.0. The maximum absolute atomic E-state index is 13.0. The Morgan fingerprint density at radius 1 is 1.23 bits per heavy atom. The Morgan fingerprint density at radius 2 is 1.97 bits per heavy atom. The summed E-state index contributed by atoms with van der Waals surface area (Å²) in [4.78, 5) is 33.6. The zero-order chi connectivity index (χ0) is 22.1. The van der Waals surface area contributed by atoms with Crippen LogP contribution in [0.3, 0.4) is 0 Å². The molecule has 0 saturated carbocycles. The lowest BCUT2D eigenvalue weighted by molar-refractivity contribution is -0.139. The molecule has 2 atom stereocenters. The minimum atomic E-state index is -0.658. The fourth-order valence-electron chi connectivity index (χ4n) is 4.29. The maximum Gasteiger partial charge on any atom is 0.295 e. The van der Waals surface area contributed by atoms with Gasteiger partial charge in [-0.3, -0.25) is 14.6 Å². The molecule has 1 fully saturated rings. The lowest BCUT2D eigenvalue weighted by atomic mass is 9.95. The number of benzene rings is 1. The van der Waals surface area contributed by atoms with Crippen molar-refractivity contribution in [2.45, 2.75) is 31.9 Å². The lowest BCUT2D eigenvalue weighted by Crippen LogP contribution is -2.32. The minimum Gasteiger partial charge on any atom is -0.507 e. The number of ether oxygens (including phenoxy) is 1. The molecule has 162 valence electrons. The molecule has 1 aromatic heterocycles. The standard InChI is InChI=1S/C24H27N3O4/c1-15-13-18-14-17(5-6-19(18)31-15)22(28)20-21(16-7-9-25-10-8-16)27(24(30)23(20)29)12-4-11-26(2)3/h5-10,14-15,21,28H,4,11-13H2,1-3H3/b22-20+. The van der Waals surface area contributed by atoms with Gasteiger partial charge >= 0.3 is 0 Å². The molecule has 7 nitrogen and oxygen atoms in total. The first-order valence-corrected chi connectivity index (χ1v) is 10.5. The first-order valence-electron chi connectivity index (χ1n) is 10.5. The summed E-state index contributed by atoms with van der Waals surface area (Å²) >= 11 is 0. The van der Waals surface area contributed by atoms with Gasteiger partial charge in [0.25, 0.3) is 11.7 Å². The number of pyridine rings is 1. The van der Waals surface area contributed by atoms with E-state index >= 15 is 0 Å². The van der Waals surface area contributed by atoms with Crippen LogP contribution in [0, 0.1) is 0 Å². The van der Waals surface area contributed by atoms with E-state index in [1.165, 1.54) is 0 Å². The average Bonchev–Trinajstić information content (AvgIpc) is 3.24. The summed E-state index contributed by atoms with van der Waals surface area (Å²) in [7, 11) is 3.93. The van der Waals surface area contributed by atoms with E-state index < -0.39 is 17.7 Å². The van der Waals surface area contributed by atoms with Crippen molar-refractivity contribution in [3.8, 4) is 5.75 Å². The van der Waals surface area contributed by atoms with Crippen molar-refractivity contribution in [3.05, 3.63) is 65.0 Å². The number of ketones is 1. The third-order valence-corrected chi connectivity index (χ3v) is 5.74. The van der Waals surface area contributed by atoms with Gasteiger partial charge in [0.15, 0.2) is 0 Å². The van der Waals surface area contributed by atoms with Gasteiger partial charge in [0.1, 0.15) is 17.6 Å². The van der Waals surface area contributed by atoms with Gasteiger partial charge in [0.05, 0.1) is 11.6 Å². The van der Waals surface area contributed by atoms with Crippen LogP contribution in [0.4, 0.5) is 0 Å². The number of amides is 1. The van der Waals surface area contributed by atoms with Crippen LogP contribution in [0.5, 0.6) is 5.75 Å². The quantitative estimate of drug-likeness (QED) is 0.439. The molecule has 0 bridgehead atoms. The highest BCUT2D eigenvalue weighted by Gasteiger charge is 2.45. The Hall–Kier alpha value is -3.19. The average molecular weight is 421 g/mol. The molecular formula is C24H27N3O4. The third-order valence-electron chi connectivity index (χ3n) is 5.74. The number of likely N-dealkylation sites (tertiary alicyclic amines) is 1. The van der Waals surface area contributed by atoms with Crippen molar-refractivity contribution >= 4 is 17.4 Å². The van der Waals surface area contributed by atoms with E-state index in [0.717, 1.165) is 36.3 Å². The van der Waals surface area contributed by atoms with Crippen molar-refractivity contribution in [1.82, 2.24) is 14.8 Å². The predicted octanol–water partition coefficient (Wildman–Crippen LogP) is 2.78. The van der Waals surface area contributed by atoms with Gasteiger partial charge in [-0.25, -0.2) is 0 Å². The number of rotatable bonds is 6. The number of hydrogen-bond donors (Lipinski definition) is 1. The second kappa shape index (κ2) is 8.51. The van der Waals surface area contributed by atoms with E-state index in [4.69, 9.17) is 4.74 Å². The Kier molecular flexibility index (Phi) is 5.78. The number of carbonyl (C=O) groups excluding carboxylic acids is 2. The largest absolute Gasteiger partial charge is 0.507 e. The van der Waals surface area contributed by atoms with Crippen molar-refractivity contribution < 1.29 is 19.4 Å². The van der Waals surface area contributed by atoms with Gasteiger partial charge in [-0.1, -0.05) is 0 Å². The number of Topliss-reactive ketones (excluding diaryl/α,β-unsaturated/α-hetero) is 1. The van der Waals surface area contributed by atoms with Crippen LogP contribution in [-0.2, 0) is 16.0 Å². The summed E-state index contributed by atoms with van der Waals surface area (Å²) in [6.45, 7) is 3.19. The number of fused-ring (bicyclic) bond motifs is 1. The van der Waals surface area contributed by atoms with Gasteiger partial charge in [-0.05, 0) is 75.4 Å². The van der Waals surface area contributed by atoms with Gasteiger partial charge in [0.2, 0.25) is 0 Å².